The van der Waals surface area contributed by atoms with Gasteiger partial charge in [0.05, 0.1) is 12.1 Å². The number of nitrogens with one attached hydrogen (secondary N) is 1. The van der Waals surface area contributed by atoms with Crippen molar-refractivity contribution in [1.29, 1.82) is 0 Å². The van der Waals surface area contributed by atoms with Crippen molar-refractivity contribution < 1.29 is 9.53 Å². The molecule has 4 heteroatoms. The molecule has 1 aliphatic rings. The minimum atomic E-state index is -0.0541. The minimum absolute atomic E-state index is 0.0502. The molecule has 1 aromatic rings. The fraction of sp³-hybridized carbons (Fsp3) is 0.500. The minimum Gasteiger partial charge on any atom is -0.376 e. The zero-order valence-electron chi connectivity index (χ0n) is 10.7. The van der Waals surface area contributed by atoms with Crippen LogP contribution in [0, 0.1) is 0 Å². The monoisotopic (exact) mass is 248 g/mol. The average molecular weight is 248 g/mol. The lowest BCUT2D eigenvalue weighted by molar-refractivity contribution is 0.0712. The van der Waals surface area contributed by atoms with E-state index in [9.17, 15) is 4.79 Å². The van der Waals surface area contributed by atoms with Crippen LogP contribution in [0.5, 0.6) is 0 Å². The molecule has 0 bridgehead atoms. The van der Waals surface area contributed by atoms with E-state index >= 15 is 0 Å². The van der Waals surface area contributed by atoms with Crippen LogP contribution in [0.25, 0.3) is 0 Å². The first-order valence-electron chi connectivity index (χ1n) is 6.42. The second kappa shape index (κ2) is 5.98. The third-order valence-electron chi connectivity index (χ3n) is 3.33. The summed E-state index contributed by atoms with van der Waals surface area (Å²) in [5, 5.41) is 2.98. The maximum atomic E-state index is 12.0. The molecule has 1 aliphatic heterocycles. The number of hydrogen-bond donors (Lipinski definition) is 2. The maximum Gasteiger partial charge on any atom is 0.251 e. The number of benzene rings is 1. The third kappa shape index (κ3) is 3.09. The molecule has 1 amide bonds. The first-order chi connectivity index (χ1) is 8.70. The second-order valence-electron chi connectivity index (χ2n) is 4.71. The van der Waals surface area contributed by atoms with Gasteiger partial charge in [0.25, 0.3) is 5.91 Å². The van der Waals surface area contributed by atoms with Gasteiger partial charge in [-0.2, -0.15) is 0 Å². The van der Waals surface area contributed by atoms with Gasteiger partial charge in [0.2, 0.25) is 0 Å². The summed E-state index contributed by atoms with van der Waals surface area (Å²) in [6.45, 7) is 3.28. The maximum absolute atomic E-state index is 12.0. The summed E-state index contributed by atoms with van der Waals surface area (Å²) < 4.78 is 5.56. The lowest BCUT2D eigenvalue weighted by Crippen LogP contribution is -2.40. The Morgan fingerprint density at radius 1 is 1.50 bits per heavy atom. The molecule has 0 aromatic heterocycles. The Hall–Kier alpha value is -1.39. The smallest absolute Gasteiger partial charge is 0.251 e. The van der Waals surface area contributed by atoms with Crippen molar-refractivity contribution in [2.75, 3.05) is 6.61 Å². The molecule has 1 heterocycles. The van der Waals surface area contributed by atoms with Gasteiger partial charge in [-0.15, -0.1) is 0 Å². The van der Waals surface area contributed by atoms with Gasteiger partial charge in [-0.1, -0.05) is 12.1 Å². The second-order valence-corrected chi connectivity index (χ2v) is 4.71. The Labute approximate surface area is 108 Å². The Balaban J connectivity index is 1.93. The standard InChI is InChI=1S/C14H20N2O2/c1-10(13-3-2-8-18-13)16-14(17)12-6-4-11(9-15)5-7-12/h4-7,10,13H,2-3,8-9,15H2,1H3,(H,16,17). The molecule has 2 unspecified atom stereocenters. The fourth-order valence-corrected chi connectivity index (χ4v) is 2.17. The van der Waals surface area contributed by atoms with Gasteiger partial charge < -0.3 is 15.8 Å². The fourth-order valence-electron chi connectivity index (χ4n) is 2.17. The van der Waals surface area contributed by atoms with Gasteiger partial charge in [0.15, 0.2) is 0 Å². The van der Waals surface area contributed by atoms with E-state index in [1.165, 1.54) is 0 Å². The van der Waals surface area contributed by atoms with Crippen LogP contribution in [-0.2, 0) is 11.3 Å². The highest BCUT2D eigenvalue weighted by Gasteiger charge is 2.23. The van der Waals surface area contributed by atoms with Crippen molar-refractivity contribution in [3.63, 3.8) is 0 Å². The molecule has 2 atom stereocenters. The molecule has 0 spiro atoms. The predicted molar refractivity (Wildman–Crippen MR) is 70.2 cm³/mol. The number of carbonyl (C=O) groups excluding carboxylic acids is 1. The highest BCUT2D eigenvalue weighted by molar-refractivity contribution is 5.94. The molecule has 3 N–H and O–H groups in total. The lowest BCUT2D eigenvalue weighted by atomic mass is 10.1. The van der Waals surface area contributed by atoms with Crippen LogP contribution in [0.3, 0.4) is 0 Å². The summed E-state index contributed by atoms with van der Waals surface area (Å²) in [5.41, 5.74) is 7.21. The van der Waals surface area contributed by atoms with E-state index in [-0.39, 0.29) is 18.1 Å². The van der Waals surface area contributed by atoms with Crippen molar-refractivity contribution in [2.45, 2.75) is 38.5 Å². The van der Waals surface area contributed by atoms with E-state index in [2.05, 4.69) is 5.32 Å². The van der Waals surface area contributed by atoms with Crippen molar-refractivity contribution in [1.82, 2.24) is 5.32 Å². The van der Waals surface area contributed by atoms with E-state index in [0.29, 0.717) is 12.1 Å². The lowest BCUT2D eigenvalue weighted by Gasteiger charge is -2.20. The zero-order chi connectivity index (χ0) is 13.0. The van der Waals surface area contributed by atoms with Crippen LogP contribution in [0.1, 0.15) is 35.7 Å². The molecule has 0 saturated carbocycles. The Kier molecular flexibility index (Phi) is 4.33. The number of ether oxygens (including phenoxy) is 1. The number of amides is 1. The SMILES string of the molecule is CC(NC(=O)c1ccc(CN)cc1)C1CCCO1. The first-order valence-corrected chi connectivity index (χ1v) is 6.42. The highest BCUT2D eigenvalue weighted by Crippen LogP contribution is 2.15. The van der Waals surface area contributed by atoms with E-state index in [1.807, 2.05) is 19.1 Å². The van der Waals surface area contributed by atoms with Gasteiger partial charge in [0, 0.05) is 18.7 Å². The summed E-state index contributed by atoms with van der Waals surface area (Å²) in [7, 11) is 0. The van der Waals surface area contributed by atoms with Gasteiger partial charge in [-0.25, -0.2) is 0 Å². The molecular weight excluding hydrogens is 228 g/mol. The molecule has 2 rings (SSSR count). The quantitative estimate of drug-likeness (QED) is 0.847. The topological polar surface area (TPSA) is 64.4 Å². The van der Waals surface area contributed by atoms with Crippen LogP contribution in [0.2, 0.25) is 0 Å². The Bertz CT molecular complexity index is 397. The highest BCUT2D eigenvalue weighted by atomic mass is 16.5. The first kappa shape index (κ1) is 13.1. The van der Waals surface area contributed by atoms with Gasteiger partial charge >= 0.3 is 0 Å². The molecule has 0 radical (unpaired) electrons. The summed E-state index contributed by atoms with van der Waals surface area (Å²) in [4.78, 5) is 12.0. The van der Waals surface area contributed by atoms with Crippen LogP contribution in [0.4, 0.5) is 0 Å². The van der Waals surface area contributed by atoms with Crippen molar-refractivity contribution in [2.24, 2.45) is 5.73 Å². The van der Waals surface area contributed by atoms with Crippen LogP contribution in [-0.4, -0.2) is 24.7 Å². The van der Waals surface area contributed by atoms with E-state index in [1.54, 1.807) is 12.1 Å². The number of hydrogen-bond acceptors (Lipinski definition) is 3. The number of rotatable bonds is 4. The third-order valence-corrected chi connectivity index (χ3v) is 3.33. The number of nitrogens with two attached hydrogens (primary N) is 1. The molecule has 0 aliphatic carbocycles. The predicted octanol–water partition coefficient (Wildman–Crippen LogP) is 1.44. The van der Waals surface area contributed by atoms with E-state index in [0.717, 1.165) is 25.0 Å². The van der Waals surface area contributed by atoms with E-state index in [4.69, 9.17) is 10.5 Å². The van der Waals surface area contributed by atoms with Crippen LogP contribution >= 0.6 is 0 Å². The van der Waals surface area contributed by atoms with Crippen molar-refractivity contribution in [3.8, 4) is 0 Å². The van der Waals surface area contributed by atoms with Gasteiger partial charge in [-0.05, 0) is 37.5 Å². The zero-order valence-corrected chi connectivity index (χ0v) is 10.7. The summed E-state index contributed by atoms with van der Waals surface area (Å²) >= 11 is 0. The largest absolute Gasteiger partial charge is 0.376 e. The number of carbonyl (C=O) groups is 1. The molecule has 1 aromatic carbocycles. The average Bonchev–Trinajstić information content (AvgIpc) is 2.92. The molecule has 1 saturated heterocycles. The van der Waals surface area contributed by atoms with Crippen molar-refractivity contribution in [3.05, 3.63) is 35.4 Å². The molecule has 1 fully saturated rings. The van der Waals surface area contributed by atoms with Crippen LogP contribution < -0.4 is 11.1 Å². The van der Waals surface area contributed by atoms with Gasteiger partial charge in [-0.3, -0.25) is 4.79 Å². The molecule has 98 valence electrons. The summed E-state index contributed by atoms with van der Waals surface area (Å²) in [5.74, 6) is -0.0541. The normalized spacial score (nSPS) is 20.7. The molecule has 18 heavy (non-hydrogen) atoms. The Morgan fingerprint density at radius 3 is 2.78 bits per heavy atom. The molecule has 4 nitrogen and oxygen atoms in total. The summed E-state index contributed by atoms with van der Waals surface area (Å²) in [6.07, 6.45) is 2.25. The van der Waals surface area contributed by atoms with Gasteiger partial charge in [0.1, 0.15) is 0 Å². The van der Waals surface area contributed by atoms with E-state index < -0.39 is 0 Å². The Morgan fingerprint density at radius 2 is 2.22 bits per heavy atom. The summed E-state index contributed by atoms with van der Waals surface area (Å²) in [6, 6.07) is 7.42. The molecular formula is C14H20N2O2. The van der Waals surface area contributed by atoms with Crippen LogP contribution in [0.15, 0.2) is 24.3 Å². The van der Waals surface area contributed by atoms with Crippen molar-refractivity contribution >= 4 is 5.91 Å².